The summed E-state index contributed by atoms with van der Waals surface area (Å²) >= 11 is 0. The molecule has 0 amide bonds. The van der Waals surface area contributed by atoms with Crippen molar-refractivity contribution in [1.82, 2.24) is 0 Å². The van der Waals surface area contributed by atoms with E-state index in [1.54, 1.807) is 0 Å². The lowest BCUT2D eigenvalue weighted by Crippen LogP contribution is -2.57. The Hall–Kier alpha value is -1.69. The number of hydrogen-bond acceptors (Lipinski definition) is 5. The maximum Gasteiger partial charge on any atom is 0.171 e. The van der Waals surface area contributed by atoms with Crippen LogP contribution >= 0.6 is 0 Å². The Morgan fingerprint density at radius 1 is 0.974 bits per heavy atom. The van der Waals surface area contributed by atoms with Crippen LogP contribution in [-0.2, 0) is 14.3 Å². The van der Waals surface area contributed by atoms with E-state index in [9.17, 15) is 9.90 Å². The minimum absolute atomic E-state index is 0.00942. The highest BCUT2D eigenvalue weighted by Gasteiger charge is 2.60. The highest BCUT2D eigenvalue weighted by Crippen LogP contribution is 2.64. The van der Waals surface area contributed by atoms with Crippen LogP contribution in [0.15, 0.2) is 35.4 Å². The van der Waals surface area contributed by atoms with Gasteiger partial charge in [0.2, 0.25) is 0 Å². The fraction of sp³-hybridized carbons (Fsp3) is 0.727. The van der Waals surface area contributed by atoms with Gasteiger partial charge in [-0.25, -0.2) is 0 Å². The SMILES string of the molecule is CCN(CC)c1ccc([C@H]2C[C@@]3(C)C(=O)CC[C@H]3[C@@H]3CC[C@@]4(O)CC5(CCC4=C32)OCC(C)(C)CO5)cc1. The van der Waals surface area contributed by atoms with Crippen molar-refractivity contribution in [3.05, 3.63) is 41.0 Å². The number of carbonyl (C=O) groups excluding carboxylic acids is 1. The fourth-order valence-electron chi connectivity index (χ4n) is 8.83. The maximum absolute atomic E-state index is 13.3. The third-order valence-electron chi connectivity index (χ3n) is 11.0. The van der Waals surface area contributed by atoms with Crippen molar-refractivity contribution in [3.63, 3.8) is 0 Å². The van der Waals surface area contributed by atoms with E-state index in [1.165, 1.54) is 22.4 Å². The Kier molecular flexibility index (Phi) is 6.40. The molecule has 4 fully saturated rings. The molecule has 1 heterocycles. The Morgan fingerprint density at radius 2 is 1.66 bits per heavy atom. The fourth-order valence-corrected chi connectivity index (χ4v) is 8.83. The molecule has 5 nitrogen and oxygen atoms in total. The Labute approximate surface area is 229 Å². The minimum atomic E-state index is -0.888. The summed E-state index contributed by atoms with van der Waals surface area (Å²) < 4.78 is 12.8. The first-order valence-corrected chi connectivity index (χ1v) is 15.1. The molecular formula is C33H47NO4. The smallest absolute Gasteiger partial charge is 0.171 e. The van der Waals surface area contributed by atoms with Gasteiger partial charge in [-0.1, -0.05) is 38.5 Å². The summed E-state index contributed by atoms with van der Waals surface area (Å²) in [7, 11) is 0. The predicted octanol–water partition coefficient (Wildman–Crippen LogP) is 6.40. The van der Waals surface area contributed by atoms with Gasteiger partial charge in [0, 0.05) is 54.8 Å². The third-order valence-corrected chi connectivity index (χ3v) is 11.0. The van der Waals surface area contributed by atoms with Crippen LogP contribution < -0.4 is 4.90 Å². The van der Waals surface area contributed by atoms with E-state index in [0.717, 1.165) is 51.6 Å². The monoisotopic (exact) mass is 521 g/mol. The summed E-state index contributed by atoms with van der Waals surface area (Å²) in [5.41, 5.74) is 4.11. The van der Waals surface area contributed by atoms with Gasteiger partial charge in [-0.15, -0.1) is 0 Å². The molecule has 0 aromatic heterocycles. The van der Waals surface area contributed by atoms with Crippen molar-refractivity contribution in [1.29, 1.82) is 0 Å². The zero-order chi connectivity index (χ0) is 26.9. The molecule has 1 N–H and O–H groups in total. The highest BCUT2D eigenvalue weighted by atomic mass is 16.7. The number of ketones is 1. The second kappa shape index (κ2) is 9.17. The first-order chi connectivity index (χ1) is 18.0. The van der Waals surface area contributed by atoms with Gasteiger partial charge in [0.05, 0.1) is 18.8 Å². The Bertz CT molecular complexity index is 1110. The quantitative estimate of drug-likeness (QED) is 0.465. The number of fused-ring (bicyclic) bond motifs is 4. The highest BCUT2D eigenvalue weighted by molar-refractivity contribution is 5.87. The topological polar surface area (TPSA) is 59.0 Å². The Morgan fingerprint density at radius 3 is 2.32 bits per heavy atom. The van der Waals surface area contributed by atoms with Crippen LogP contribution in [0.5, 0.6) is 0 Å². The molecule has 0 radical (unpaired) electrons. The molecule has 1 aromatic rings. The van der Waals surface area contributed by atoms with E-state index in [2.05, 4.69) is 63.8 Å². The first-order valence-electron chi connectivity index (χ1n) is 15.1. The maximum atomic E-state index is 13.3. The van der Waals surface area contributed by atoms with Gasteiger partial charge in [0.1, 0.15) is 5.78 Å². The number of nitrogens with zero attached hydrogens (tertiary/aromatic N) is 1. The molecule has 1 saturated heterocycles. The van der Waals surface area contributed by atoms with Crippen LogP contribution in [0.4, 0.5) is 5.69 Å². The van der Waals surface area contributed by atoms with Gasteiger partial charge < -0.3 is 19.5 Å². The van der Waals surface area contributed by atoms with E-state index in [0.29, 0.717) is 43.7 Å². The molecule has 0 bridgehead atoms. The third kappa shape index (κ3) is 4.10. The molecule has 38 heavy (non-hydrogen) atoms. The number of benzene rings is 1. The molecule has 6 rings (SSSR count). The van der Waals surface area contributed by atoms with Gasteiger partial charge in [0.25, 0.3) is 0 Å². The van der Waals surface area contributed by atoms with Crippen LogP contribution in [0, 0.1) is 22.7 Å². The summed E-state index contributed by atoms with van der Waals surface area (Å²) in [6.07, 6.45) is 6.38. The summed E-state index contributed by atoms with van der Waals surface area (Å²) in [6, 6.07) is 9.09. The Balaban J connectivity index is 1.40. The second-order valence-electron chi connectivity index (χ2n) is 13.9. The molecule has 3 saturated carbocycles. The number of Topliss-reactive ketones (excluding diaryl/α,β-unsaturated/α-hetero) is 1. The van der Waals surface area contributed by atoms with Crippen LogP contribution in [0.1, 0.15) is 97.5 Å². The lowest BCUT2D eigenvalue weighted by molar-refractivity contribution is -0.322. The number of carbonyl (C=O) groups is 1. The normalized spacial score (nSPS) is 37.5. The van der Waals surface area contributed by atoms with Crippen molar-refractivity contribution in [2.45, 2.75) is 103 Å². The van der Waals surface area contributed by atoms with Crippen LogP contribution in [0.3, 0.4) is 0 Å². The van der Waals surface area contributed by atoms with Crippen molar-refractivity contribution < 1.29 is 19.4 Å². The van der Waals surface area contributed by atoms with E-state index in [4.69, 9.17) is 9.47 Å². The molecular weight excluding hydrogens is 474 g/mol. The van der Waals surface area contributed by atoms with Crippen molar-refractivity contribution >= 4 is 11.5 Å². The molecule has 1 spiro atoms. The predicted molar refractivity (Wildman–Crippen MR) is 150 cm³/mol. The van der Waals surface area contributed by atoms with Crippen LogP contribution in [-0.4, -0.2) is 48.6 Å². The van der Waals surface area contributed by atoms with Crippen molar-refractivity contribution in [3.8, 4) is 0 Å². The van der Waals surface area contributed by atoms with E-state index < -0.39 is 11.4 Å². The average molecular weight is 522 g/mol. The number of anilines is 1. The van der Waals surface area contributed by atoms with Gasteiger partial charge in [-0.05, 0) is 81.1 Å². The zero-order valence-electron chi connectivity index (χ0n) is 24.1. The molecule has 1 aliphatic heterocycles. The van der Waals surface area contributed by atoms with Crippen molar-refractivity contribution in [2.24, 2.45) is 22.7 Å². The summed E-state index contributed by atoms with van der Waals surface area (Å²) in [5, 5.41) is 12.3. The standard InChI is InChI=1S/C33H47NO4/c1-6-34(7-2)23-10-8-22(9-11-23)25-18-31(5)26(12-13-28(31)35)24-14-16-32(36)19-33(17-15-27(32)29(24)25)37-20-30(3,4)21-38-33/h8-11,24-26,36H,6-7,12-21H2,1-5H3/t24-,25+,26-,31+,32+/m0/s1. The van der Waals surface area contributed by atoms with E-state index in [-0.39, 0.29) is 16.7 Å². The molecule has 1 aromatic carbocycles. The molecule has 208 valence electrons. The summed E-state index contributed by atoms with van der Waals surface area (Å²) in [4.78, 5) is 15.7. The number of rotatable bonds is 4. The second-order valence-corrected chi connectivity index (χ2v) is 13.9. The average Bonchev–Trinajstić information content (AvgIpc) is 3.20. The minimum Gasteiger partial charge on any atom is -0.385 e. The van der Waals surface area contributed by atoms with E-state index >= 15 is 0 Å². The van der Waals surface area contributed by atoms with Gasteiger partial charge in [0.15, 0.2) is 5.79 Å². The lowest BCUT2D eigenvalue weighted by Gasteiger charge is -2.56. The van der Waals surface area contributed by atoms with Gasteiger partial charge in [-0.3, -0.25) is 4.79 Å². The largest absolute Gasteiger partial charge is 0.385 e. The molecule has 0 unspecified atom stereocenters. The zero-order valence-corrected chi connectivity index (χ0v) is 24.1. The number of aliphatic hydroxyl groups is 1. The molecule has 5 aliphatic rings. The molecule has 4 aliphatic carbocycles. The number of hydrogen-bond donors (Lipinski definition) is 1. The van der Waals surface area contributed by atoms with E-state index in [1.807, 2.05) is 0 Å². The molecule has 5 heteroatoms. The summed E-state index contributed by atoms with van der Waals surface area (Å²) in [6.45, 7) is 14.3. The van der Waals surface area contributed by atoms with Gasteiger partial charge >= 0.3 is 0 Å². The van der Waals surface area contributed by atoms with Crippen LogP contribution in [0.25, 0.3) is 0 Å². The molecule has 5 atom stereocenters. The first kappa shape index (κ1) is 26.5. The number of allylic oxidation sites excluding steroid dienone is 1. The lowest BCUT2D eigenvalue weighted by atomic mass is 9.51. The van der Waals surface area contributed by atoms with Crippen molar-refractivity contribution in [2.75, 3.05) is 31.2 Å². The number of ether oxygens (including phenoxy) is 2. The van der Waals surface area contributed by atoms with Gasteiger partial charge in [-0.2, -0.15) is 0 Å². The van der Waals surface area contributed by atoms with Crippen LogP contribution in [0.2, 0.25) is 0 Å². The summed E-state index contributed by atoms with van der Waals surface area (Å²) in [5.74, 6) is 0.730.